The molecule has 1 aliphatic rings. The van der Waals surface area contributed by atoms with Gasteiger partial charge in [0.05, 0.1) is 12.7 Å². The largest absolute Gasteiger partial charge is 0.386 e. The highest BCUT2D eigenvalue weighted by Gasteiger charge is 2.25. The van der Waals surface area contributed by atoms with Crippen molar-refractivity contribution in [3.63, 3.8) is 0 Å². The van der Waals surface area contributed by atoms with E-state index in [1.807, 2.05) is 24.3 Å². The number of hydrogen-bond donors (Lipinski definition) is 2. The molecule has 4 unspecified atom stereocenters. The number of rotatable bonds is 5. The molecule has 0 aliphatic heterocycles. The van der Waals surface area contributed by atoms with Gasteiger partial charge >= 0.3 is 0 Å². The maximum Gasteiger partial charge on any atom is 0.102 e. The van der Waals surface area contributed by atoms with Crippen LogP contribution in [0.5, 0.6) is 0 Å². The monoisotopic (exact) mass is 277 g/mol. The first kappa shape index (κ1) is 15.5. The second kappa shape index (κ2) is 7.21. The summed E-state index contributed by atoms with van der Waals surface area (Å²) >= 11 is 0. The van der Waals surface area contributed by atoms with Crippen molar-refractivity contribution in [2.45, 2.75) is 51.9 Å². The van der Waals surface area contributed by atoms with Gasteiger partial charge < -0.3 is 15.6 Å². The lowest BCUT2D eigenvalue weighted by molar-refractivity contribution is -0.0397. The van der Waals surface area contributed by atoms with E-state index in [4.69, 9.17) is 10.5 Å². The average Bonchev–Trinajstić information content (AvgIpc) is 2.48. The van der Waals surface area contributed by atoms with E-state index >= 15 is 0 Å². The van der Waals surface area contributed by atoms with Gasteiger partial charge in [-0.05, 0) is 42.2 Å². The highest BCUT2D eigenvalue weighted by molar-refractivity contribution is 5.24. The van der Waals surface area contributed by atoms with E-state index in [9.17, 15) is 5.11 Å². The minimum Gasteiger partial charge on any atom is -0.386 e. The Labute approximate surface area is 122 Å². The molecule has 1 aliphatic carbocycles. The molecule has 0 aromatic heterocycles. The fraction of sp³-hybridized carbons (Fsp3) is 0.647. The number of hydrogen-bond acceptors (Lipinski definition) is 3. The first-order chi connectivity index (χ1) is 9.60. The summed E-state index contributed by atoms with van der Waals surface area (Å²) in [5.74, 6) is 1.51. The van der Waals surface area contributed by atoms with Crippen LogP contribution >= 0.6 is 0 Å². The first-order valence-electron chi connectivity index (χ1n) is 7.68. The van der Waals surface area contributed by atoms with E-state index < -0.39 is 6.10 Å². The standard InChI is InChI=1S/C17H27NO2/c1-12-3-8-16(9-13(12)2)20-11-17(19)15-6-4-14(10-18)5-7-15/h4-7,12-13,16-17,19H,3,8-11,18H2,1-2H3. The molecule has 1 fully saturated rings. The van der Waals surface area contributed by atoms with Gasteiger partial charge in [0.1, 0.15) is 6.10 Å². The molecule has 0 saturated heterocycles. The lowest BCUT2D eigenvalue weighted by Crippen LogP contribution is -2.28. The third-order valence-electron chi connectivity index (χ3n) is 4.64. The number of ether oxygens (including phenoxy) is 1. The Hall–Kier alpha value is -0.900. The van der Waals surface area contributed by atoms with Crippen LogP contribution in [0.2, 0.25) is 0 Å². The molecule has 0 amide bonds. The maximum absolute atomic E-state index is 10.2. The van der Waals surface area contributed by atoms with Crippen LogP contribution in [0, 0.1) is 11.8 Å². The van der Waals surface area contributed by atoms with Gasteiger partial charge in [-0.3, -0.25) is 0 Å². The summed E-state index contributed by atoms with van der Waals surface area (Å²) in [6, 6.07) is 7.79. The van der Waals surface area contributed by atoms with Gasteiger partial charge in [-0.1, -0.05) is 38.1 Å². The Morgan fingerprint density at radius 3 is 2.50 bits per heavy atom. The SMILES string of the molecule is CC1CCC(OCC(O)c2ccc(CN)cc2)CC1C. The fourth-order valence-corrected chi connectivity index (χ4v) is 2.85. The summed E-state index contributed by atoms with van der Waals surface area (Å²) in [5, 5.41) is 10.2. The van der Waals surface area contributed by atoms with E-state index in [1.54, 1.807) is 0 Å². The molecule has 3 N–H and O–H groups in total. The second-order valence-corrected chi connectivity index (χ2v) is 6.18. The predicted octanol–water partition coefficient (Wildman–Crippen LogP) is 3.02. The lowest BCUT2D eigenvalue weighted by atomic mass is 9.80. The number of nitrogens with two attached hydrogens (primary N) is 1. The van der Waals surface area contributed by atoms with Gasteiger partial charge in [0.15, 0.2) is 0 Å². The van der Waals surface area contributed by atoms with Crippen molar-refractivity contribution < 1.29 is 9.84 Å². The normalized spacial score (nSPS) is 28.3. The molecule has 20 heavy (non-hydrogen) atoms. The van der Waals surface area contributed by atoms with Crippen LogP contribution in [0.3, 0.4) is 0 Å². The van der Waals surface area contributed by atoms with Crippen LogP contribution < -0.4 is 5.73 Å². The van der Waals surface area contributed by atoms with Gasteiger partial charge in [-0.15, -0.1) is 0 Å². The Morgan fingerprint density at radius 1 is 1.20 bits per heavy atom. The van der Waals surface area contributed by atoms with E-state index in [-0.39, 0.29) is 0 Å². The van der Waals surface area contributed by atoms with Crippen LogP contribution in [-0.4, -0.2) is 17.8 Å². The van der Waals surface area contributed by atoms with Gasteiger partial charge in [-0.25, -0.2) is 0 Å². The first-order valence-corrected chi connectivity index (χ1v) is 7.68. The molecule has 1 aromatic rings. The highest BCUT2D eigenvalue weighted by atomic mass is 16.5. The molecule has 1 saturated carbocycles. The molecular weight excluding hydrogens is 250 g/mol. The van der Waals surface area contributed by atoms with Gasteiger partial charge in [0.25, 0.3) is 0 Å². The minimum absolute atomic E-state index is 0.305. The van der Waals surface area contributed by atoms with Crippen molar-refractivity contribution in [1.29, 1.82) is 0 Å². The summed E-state index contributed by atoms with van der Waals surface area (Å²) in [4.78, 5) is 0. The van der Waals surface area contributed by atoms with Crippen molar-refractivity contribution >= 4 is 0 Å². The van der Waals surface area contributed by atoms with Crippen molar-refractivity contribution in [3.8, 4) is 0 Å². The Balaban J connectivity index is 1.81. The number of aliphatic hydroxyl groups is 1. The molecule has 0 bridgehead atoms. The predicted molar refractivity (Wildman–Crippen MR) is 81.2 cm³/mol. The third-order valence-corrected chi connectivity index (χ3v) is 4.64. The number of aliphatic hydroxyl groups excluding tert-OH is 1. The molecule has 4 atom stereocenters. The third kappa shape index (κ3) is 4.05. The molecule has 0 heterocycles. The van der Waals surface area contributed by atoms with E-state index in [0.717, 1.165) is 35.8 Å². The van der Waals surface area contributed by atoms with Crippen LogP contribution in [0.25, 0.3) is 0 Å². The summed E-state index contributed by atoms with van der Waals surface area (Å²) in [7, 11) is 0. The van der Waals surface area contributed by atoms with Crippen molar-refractivity contribution in [2.24, 2.45) is 17.6 Å². The Kier molecular flexibility index (Phi) is 5.58. The van der Waals surface area contributed by atoms with Crippen molar-refractivity contribution in [2.75, 3.05) is 6.61 Å². The van der Waals surface area contributed by atoms with E-state index in [1.165, 1.54) is 6.42 Å². The van der Waals surface area contributed by atoms with Crippen LogP contribution in [0.15, 0.2) is 24.3 Å². The molecule has 1 aromatic carbocycles. The zero-order valence-electron chi connectivity index (χ0n) is 12.6. The topological polar surface area (TPSA) is 55.5 Å². The van der Waals surface area contributed by atoms with Crippen LogP contribution in [0.1, 0.15) is 50.3 Å². The summed E-state index contributed by atoms with van der Waals surface area (Å²) in [6.07, 6.45) is 3.22. The minimum atomic E-state index is -0.545. The quantitative estimate of drug-likeness (QED) is 0.870. The Morgan fingerprint density at radius 2 is 1.90 bits per heavy atom. The van der Waals surface area contributed by atoms with E-state index in [0.29, 0.717) is 19.3 Å². The molecule has 0 radical (unpaired) electrons. The lowest BCUT2D eigenvalue weighted by Gasteiger charge is -2.32. The molecule has 112 valence electrons. The smallest absolute Gasteiger partial charge is 0.102 e. The second-order valence-electron chi connectivity index (χ2n) is 6.18. The van der Waals surface area contributed by atoms with E-state index in [2.05, 4.69) is 13.8 Å². The summed E-state index contributed by atoms with van der Waals surface area (Å²) in [5.41, 5.74) is 7.55. The summed E-state index contributed by atoms with van der Waals surface area (Å²) < 4.78 is 5.90. The van der Waals surface area contributed by atoms with Crippen molar-refractivity contribution in [1.82, 2.24) is 0 Å². The van der Waals surface area contributed by atoms with Gasteiger partial charge in [0.2, 0.25) is 0 Å². The molecular formula is C17H27NO2. The fourth-order valence-electron chi connectivity index (χ4n) is 2.85. The Bertz CT molecular complexity index is 404. The highest BCUT2D eigenvalue weighted by Crippen LogP contribution is 2.31. The van der Waals surface area contributed by atoms with Crippen molar-refractivity contribution in [3.05, 3.63) is 35.4 Å². The summed E-state index contributed by atoms with van der Waals surface area (Å²) in [6.45, 7) is 5.52. The molecule has 0 spiro atoms. The molecule has 3 heteroatoms. The number of benzene rings is 1. The maximum atomic E-state index is 10.2. The average molecular weight is 277 g/mol. The molecule has 3 nitrogen and oxygen atoms in total. The van der Waals surface area contributed by atoms with Crippen LogP contribution in [-0.2, 0) is 11.3 Å². The zero-order valence-corrected chi connectivity index (χ0v) is 12.6. The van der Waals surface area contributed by atoms with Gasteiger partial charge in [-0.2, -0.15) is 0 Å². The van der Waals surface area contributed by atoms with Gasteiger partial charge in [0, 0.05) is 6.54 Å². The molecule has 2 rings (SSSR count). The zero-order chi connectivity index (χ0) is 14.5. The van der Waals surface area contributed by atoms with Crippen LogP contribution in [0.4, 0.5) is 0 Å².